The van der Waals surface area contributed by atoms with Gasteiger partial charge >= 0.3 is 10.8 Å². The Morgan fingerprint density at radius 1 is 1.45 bits per heavy atom. The van der Waals surface area contributed by atoms with E-state index < -0.39 is 12.1 Å². The number of aliphatic hydroxyl groups excluding tert-OH is 1. The Hall–Kier alpha value is -2.38. The van der Waals surface area contributed by atoms with E-state index in [1.807, 2.05) is 18.2 Å². The lowest BCUT2D eigenvalue weighted by atomic mass is 10.0. The minimum atomic E-state index is -1.73. The summed E-state index contributed by atoms with van der Waals surface area (Å²) >= 11 is 0.737. The van der Waals surface area contributed by atoms with Gasteiger partial charge in [-0.2, -0.15) is 0 Å². The van der Waals surface area contributed by atoms with Crippen LogP contribution < -0.4 is 9.61 Å². The summed E-state index contributed by atoms with van der Waals surface area (Å²) in [5.74, 6) is -0.656. The van der Waals surface area contributed by atoms with Crippen molar-refractivity contribution in [3.8, 4) is 17.0 Å². The number of carbonyl (C=O) groups is 1. The van der Waals surface area contributed by atoms with Crippen LogP contribution in [0.1, 0.15) is 16.5 Å². The van der Waals surface area contributed by atoms with Gasteiger partial charge in [0.05, 0.1) is 10.6 Å². The second-order valence-corrected chi connectivity index (χ2v) is 5.84. The van der Waals surface area contributed by atoms with Crippen molar-refractivity contribution in [3.05, 3.63) is 44.4 Å². The van der Waals surface area contributed by atoms with E-state index in [9.17, 15) is 14.7 Å². The molecule has 0 spiro atoms. The first kappa shape index (κ1) is 14.6. The fourth-order valence-electron chi connectivity index (χ4n) is 2.37. The van der Waals surface area contributed by atoms with E-state index in [4.69, 9.17) is 9.84 Å². The zero-order valence-corrected chi connectivity index (χ0v) is 12.5. The van der Waals surface area contributed by atoms with Crippen LogP contribution in [0.15, 0.2) is 29.1 Å². The molecule has 0 saturated heterocycles. The van der Waals surface area contributed by atoms with E-state index >= 15 is 0 Å². The summed E-state index contributed by atoms with van der Waals surface area (Å²) in [5.41, 5.74) is 1.91. The van der Waals surface area contributed by atoms with Gasteiger partial charge in [0.15, 0.2) is 6.10 Å². The van der Waals surface area contributed by atoms with Crippen LogP contribution in [0.3, 0.4) is 0 Å². The second kappa shape index (κ2) is 5.43. The molecule has 7 heteroatoms. The van der Waals surface area contributed by atoms with E-state index in [0.29, 0.717) is 17.9 Å². The Morgan fingerprint density at radius 2 is 2.23 bits per heavy atom. The van der Waals surface area contributed by atoms with Gasteiger partial charge in [-0.1, -0.05) is 17.4 Å². The first-order valence-electron chi connectivity index (χ1n) is 6.53. The Balaban J connectivity index is 2.18. The van der Waals surface area contributed by atoms with Gasteiger partial charge in [0.2, 0.25) is 0 Å². The number of hydrogen-bond acceptors (Lipinski definition) is 5. The van der Waals surface area contributed by atoms with Gasteiger partial charge in [-0.25, -0.2) is 4.79 Å². The van der Waals surface area contributed by atoms with Crippen LogP contribution in [-0.4, -0.2) is 27.4 Å². The summed E-state index contributed by atoms with van der Waals surface area (Å²) in [6.45, 7) is 0.506. The molecule has 1 aliphatic heterocycles. The summed E-state index contributed by atoms with van der Waals surface area (Å²) in [6.07, 6.45) is 2.04. The average Bonchev–Trinajstić information content (AvgIpc) is 2.81. The highest BCUT2D eigenvalue weighted by Crippen LogP contribution is 2.34. The van der Waals surface area contributed by atoms with Gasteiger partial charge in [0, 0.05) is 18.2 Å². The van der Waals surface area contributed by atoms with Gasteiger partial charge in [0.25, 0.3) is 0 Å². The number of rotatable bonds is 3. The molecule has 1 aromatic heterocycles. The SMILES string of the molecule is Cn1c(-c2ccc3c(c2)C=CCO3)c(C(O)C(=O)O)sc1=O. The molecule has 114 valence electrons. The number of carboxylic acids is 1. The molecule has 0 radical (unpaired) electrons. The minimum Gasteiger partial charge on any atom is -0.489 e. The van der Waals surface area contributed by atoms with E-state index in [1.54, 1.807) is 19.2 Å². The van der Waals surface area contributed by atoms with Gasteiger partial charge in [-0.05, 0) is 24.3 Å². The summed E-state index contributed by atoms with van der Waals surface area (Å²) in [5, 5.41) is 18.8. The van der Waals surface area contributed by atoms with Crippen LogP contribution in [0.25, 0.3) is 17.3 Å². The van der Waals surface area contributed by atoms with Crippen molar-refractivity contribution in [2.75, 3.05) is 6.61 Å². The zero-order chi connectivity index (χ0) is 15.9. The summed E-state index contributed by atoms with van der Waals surface area (Å²) in [7, 11) is 1.55. The highest BCUT2D eigenvalue weighted by Gasteiger charge is 2.26. The molecule has 2 aromatic rings. The molecule has 0 amide bonds. The molecule has 0 fully saturated rings. The Bertz CT molecular complexity index is 833. The fraction of sp³-hybridized carbons (Fsp3) is 0.200. The molecule has 1 aromatic carbocycles. The molecule has 3 rings (SSSR count). The second-order valence-electron chi connectivity index (χ2n) is 4.85. The first-order valence-corrected chi connectivity index (χ1v) is 7.35. The van der Waals surface area contributed by atoms with Crippen molar-refractivity contribution in [1.82, 2.24) is 4.57 Å². The highest BCUT2D eigenvalue weighted by atomic mass is 32.1. The number of nitrogens with zero attached hydrogens (tertiary/aromatic N) is 1. The standard InChI is InChI=1S/C15H13NO5S/c1-16-11(13(22-15(16)20)12(17)14(18)19)9-4-5-10-8(7-9)3-2-6-21-10/h2-5,7,12,17H,6H2,1H3,(H,18,19). The molecule has 0 saturated carbocycles. The Kier molecular flexibility index (Phi) is 3.59. The smallest absolute Gasteiger partial charge is 0.338 e. The Labute approximate surface area is 129 Å². The summed E-state index contributed by atoms with van der Waals surface area (Å²) in [6, 6.07) is 5.33. The maximum Gasteiger partial charge on any atom is 0.338 e. The van der Waals surface area contributed by atoms with Crippen LogP contribution in [-0.2, 0) is 11.8 Å². The first-order chi connectivity index (χ1) is 10.5. The molecule has 2 N–H and O–H groups in total. The third-order valence-corrected chi connectivity index (χ3v) is 4.52. The third-order valence-electron chi connectivity index (χ3n) is 3.44. The number of thiazole rings is 1. The monoisotopic (exact) mass is 319 g/mol. The fourth-order valence-corrected chi connectivity index (χ4v) is 3.35. The highest BCUT2D eigenvalue weighted by molar-refractivity contribution is 7.10. The maximum atomic E-state index is 11.9. The van der Waals surface area contributed by atoms with Crippen LogP contribution in [0.2, 0.25) is 0 Å². The number of carboxylic acid groups (broad SMARTS) is 1. The van der Waals surface area contributed by atoms with Crippen molar-refractivity contribution < 1.29 is 19.7 Å². The van der Waals surface area contributed by atoms with Gasteiger partial charge in [-0.3, -0.25) is 4.79 Å². The number of aromatic nitrogens is 1. The predicted octanol–water partition coefficient (Wildman–Crippen LogP) is 1.64. The Morgan fingerprint density at radius 3 is 2.95 bits per heavy atom. The molecule has 6 nitrogen and oxygen atoms in total. The van der Waals surface area contributed by atoms with Crippen LogP contribution in [0.5, 0.6) is 5.75 Å². The largest absolute Gasteiger partial charge is 0.489 e. The van der Waals surface area contributed by atoms with Crippen LogP contribution in [0.4, 0.5) is 0 Å². The molecular formula is C15H13NO5S. The zero-order valence-electron chi connectivity index (χ0n) is 11.6. The third kappa shape index (κ3) is 2.34. The van der Waals surface area contributed by atoms with E-state index in [1.165, 1.54) is 4.57 Å². The van der Waals surface area contributed by atoms with Crippen molar-refractivity contribution in [2.45, 2.75) is 6.10 Å². The molecule has 2 heterocycles. The quantitative estimate of drug-likeness (QED) is 0.898. The molecule has 22 heavy (non-hydrogen) atoms. The number of fused-ring (bicyclic) bond motifs is 1. The van der Waals surface area contributed by atoms with Crippen molar-refractivity contribution in [3.63, 3.8) is 0 Å². The summed E-state index contributed by atoms with van der Waals surface area (Å²) < 4.78 is 6.82. The predicted molar refractivity (Wildman–Crippen MR) is 82.1 cm³/mol. The number of benzene rings is 1. The molecule has 1 unspecified atom stereocenters. The summed E-state index contributed by atoms with van der Waals surface area (Å²) in [4.78, 5) is 22.7. The molecule has 0 aliphatic carbocycles. The normalized spacial score (nSPS) is 14.3. The molecular weight excluding hydrogens is 306 g/mol. The topological polar surface area (TPSA) is 88.8 Å². The number of aliphatic hydroxyl groups is 1. The molecule has 0 bridgehead atoms. The number of aliphatic carboxylic acids is 1. The van der Waals surface area contributed by atoms with Crippen LogP contribution >= 0.6 is 11.3 Å². The number of hydrogen-bond donors (Lipinski definition) is 2. The van der Waals surface area contributed by atoms with Crippen LogP contribution in [0, 0.1) is 0 Å². The lowest BCUT2D eigenvalue weighted by molar-refractivity contribution is -0.146. The minimum absolute atomic E-state index is 0.126. The molecule has 1 aliphatic rings. The average molecular weight is 319 g/mol. The van der Waals surface area contributed by atoms with Gasteiger partial charge in [0.1, 0.15) is 12.4 Å². The van der Waals surface area contributed by atoms with Crippen molar-refractivity contribution in [1.29, 1.82) is 0 Å². The van der Waals surface area contributed by atoms with E-state index in [0.717, 1.165) is 22.6 Å². The van der Waals surface area contributed by atoms with Gasteiger partial charge < -0.3 is 19.5 Å². The maximum absolute atomic E-state index is 11.9. The van der Waals surface area contributed by atoms with Crippen molar-refractivity contribution >= 4 is 23.4 Å². The molecule has 1 atom stereocenters. The number of ether oxygens (including phenoxy) is 1. The van der Waals surface area contributed by atoms with Crippen molar-refractivity contribution in [2.24, 2.45) is 7.05 Å². The van der Waals surface area contributed by atoms with E-state index in [-0.39, 0.29) is 9.75 Å². The van der Waals surface area contributed by atoms with Gasteiger partial charge in [-0.15, -0.1) is 0 Å². The van der Waals surface area contributed by atoms with E-state index in [2.05, 4.69) is 0 Å². The lowest BCUT2D eigenvalue weighted by Crippen LogP contribution is -2.12. The lowest BCUT2D eigenvalue weighted by Gasteiger charge is -2.15.